The molecule has 1 N–H and O–H groups in total. The van der Waals surface area contributed by atoms with Crippen molar-refractivity contribution in [2.75, 3.05) is 20.1 Å². The molecular formula is C12H22N2. The largest absolute Gasteiger partial charge is 0.372 e. The highest BCUT2D eigenvalue weighted by Gasteiger charge is 2.17. The molecule has 0 aromatic carbocycles. The lowest BCUT2D eigenvalue weighted by atomic mass is 10.0. The molecule has 0 spiro atoms. The number of nitrogens with zero attached hydrogens (tertiary/aromatic N) is 1. The summed E-state index contributed by atoms with van der Waals surface area (Å²) in [6.45, 7) is 6.48. The van der Waals surface area contributed by atoms with Crippen LogP contribution < -0.4 is 5.32 Å². The number of hydrogen-bond donors (Lipinski definition) is 1. The molecule has 1 fully saturated rings. The van der Waals surface area contributed by atoms with Crippen molar-refractivity contribution in [2.45, 2.75) is 32.7 Å². The summed E-state index contributed by atoms with van der Waals surface area (Å²) in [5.74, 6) is 0. The molecule has 0 saturated carbocycles. The van der Waals surface area contributed by atoms with E-state index in [1.807, 2.05) is 0 Å². The predicted molar refractivity (Wildman–Crippen MR) is 62.2 cm³/mol. The summed E-state index contributed by atoms with van der Waals surface area (Å²) in [6.07, 6.45) is 8.98. The van der Waals surface area contributed by atoms with Crippen molar-refractivity contribution in [2.24, 2.45) is 0 Å². The van der Waals surface area contributed by atoms with Gasteiger partial charge in [0.1, 0.15) is 0 Å². The number of likely N-dealkylation sites (N-methyl/N-ethyl adjacent to an activating group) is 1. The highest BCUT2D eigenvalue weighted by atomic mass is 15.1. The van der Waals surface area contributed by atoms with E-state index in [9.17, 15) is 0 Å². The molecule has 0 atom stereocenters. The van der Waals surface area contributed by atoms with E-state index < -0.39 is 0 Å². The Morgan fingerprint density at radius 3 is 2.43 bits per heavy atom. The molecule has 0 aromatic heterocycles. The van der Waals surface area contributed by atoms with E-state index in [4.69, 9.17) is 0 Å². The van der Waals surface area contributed by atoms with Gasteiger partial charge in [-0.15, -0.1) is 0 Å². The zero-order valence-electron chi connectivity index (χ0n) is 9.59. The van der Waals surface area contributed by atoms with Crippen molar-refractivity contribution in [3.8, 4) is 0 Å². The van der Waals surface area contributed by atoms with Crippen LogP contribution in [0.3, 0.4) is 0 Å². The summed E-state index contributed by atoms with van der Waals surface area (Å²) >= 11 is 0. The van der Waals surface area contributed by atoms with Crippen molar-refractivity contribution in [1.29, 1.82) is 0 Å². The van der Waals surface area contributed by atoms with Crippen LogP contribution in [0.4, 0.5) is 0 Å². The molecule has 1 aliphatic heterocycles. The summed E-state index contributed by atoms with van der Waals surface area (Å²) < 4.78 is 0. The molecule has 0 radical (unpaired) electrons. The van der Waals surface area contributed by atoms with Crippen LogP contribution in [0.15, 0.2) is 23.9 Å². The number of allylic oxidation sites excluding steroid dienone is 3. The Kier molecular flexibility index (Phi) is 4.74. The smallest absolute Gasteiger partial charge is 0.0319 e. The van der Waals surface area contributed by atoms with Gasteiger partial charge in [0, 0.05) is 18.8 Å². The van der Waals surface area contributed by atoms with Crippen LogP contribution in [-0.4, -0.2) is 31.1 Å². The Bertz CT molecular complexity index is 212. The first-order chi connectivity index (χ1) is 6.79. The minimum absolute atomic E-state index is 0.707. The van der Waals surface area contributed by atoms with E-state index >= 15 is 0 Å². The van der Waals surface area contributed by atoms with Crippen LogP contribution in [0.2, 0.25) is 0 Å². The van der Waals surface area contributed by atoms with Crippen LogP contribution in [0.1, 0.15) is 26.7 Å². The van der Waals surface area contributed by atoms with Gasteiger partial charge < -0.3 is 10.2 Å². The van der Waals surface area contributed by atoms with Crippen LogP contribution in [0.5, 0.6) is 0 Å². The van der Waals surface area contributed by atoms with E-state index in [0.29, 0.717) is 6.04 Å². The van der Waals surface area contributed by atoms with Crippen molar-refractivity contribution < 1.29 is 0 Å². The van der Waals surface area contributed by atoms with Crippen molar-refractivity contribution in [3.63, 3.8) is 0 Å². The molecule has 1 saturated heterocycles. The summed E-state index contributed by atoms with van der Waals surface area (Å²) in [4.78, 5) is 2.40. The fourth-order valence-electron chi connectivity index (χ4n) is 1.99. The maximum atomic E-state index is 3.39. The molecule has 0 amide bonds. The second-order valence-electron chi connectivity index (χ2n) is 3.81. The maximum absolute atomic E-state index is 3.39. The molecule has 14 heavy (non-hydrogen) atoms. The Labute approximate surface area is 87.7 Å². The molecule has 80 valence electrons. The average molecular weight is 194 g/mol. The predicted octanol–water partition coefficient (Wildman–Crippen LogP) is 2.15. The van der Waals surface area contributed by atoms with E-state index in [1.165, 1.54) is 18.5 Å². The van der Waals surface area contributed by atoms with Crippen LogP contribution in [0, 0.1) is 0 Å². The summed E-state index contributed by atoms with van der Waals surface area (Å²) in [7, 11) is 2.20. The molecule has 0 bridgehead atoms. The van der Waals surface area contributed by atoms with Crippen molar-refractivity contribution in [1.82, 2.24) is 10.2 Å². The molecule has 0 aliphatic carbocycles. The van der Waals surface area contributed by atoms with Gasteiger partial charge in [0.25, 0.3) is 0 Å². The third-order valence-electron chi connectivity index (χ3n) is 2.90. The Morgan fingerprint density at radius 1 is 1.29 bits per heavy atom. The minimum Gasteiger partial charge on any atom is -0.372 e. The van der Waals surface area contributed by atoms with Gasteiger partial charge in [0.15, 0.2) is 0 Å². The second kappa shape index (κ2) is 5.86. The zero-order chi connectivity index (χ0) is 10.4. The van der Waals surface area contributed by atoms with Crippen LogP contribution >= 0.6 is 0 Å². The first-order valence-electron chi connectivity index (χ1n) is 5.52. The number of rotatable bonds is 3. The van der Waals surface area contributed by atoms with E-state index in [2.05, 4.69) is 49.3 Å². The third-order valence-corrected chi connectivity index (χ3v) is 2.90. The Balaban J connectivity index is 2.56. The van der Waals surface area contributed by atoms with Crippen LogP contribution in [0.25, 0.3) is 0 Å². The quantitative estimate of drug-likeness (QED) is 0.693. The van der Waals surface area contributed by atoms with Gasteiger partial charge in [-0.1, -0.05) is 12.2 Å². The summed E-state index contributed by atoms with van der Waals surface area (Å²) in [5.41, 5.74) is 1.33. The molecule has 2 nitrogen and oxygen atoms in total. The van der Waals surface area contributed by atoms with Gasteiger partial charge in [-0.25, -0.2) is 0 Å². The number of hydrogen-bond acceptors (Lipinski definition) is 2. The lowest BCUT2D eigenvalue weighted by molar-refractivity contribution is 0.251. The third kappa shape index (κ3) is 2.88. The van der Waals surface area contributed by atoms with Gasteiger partial charge in [-0.3, -0.25) is 0 Å². The average Bonchev–Trinajstić information content (AvgIpc) is 2.26. The molecule has 0 unspecified atom stereocenters. The normalized spacial score (nSPS) is 20.4. The molecule has 2 heteroatoms. The Morgan fingerprint density at radius 2 is 1.93 bits per heavy atom. The molecule has 0 aromatic rings. The summed E-state index contributed by atoms with van der Waals surface area (Å²) in [6, 6.07) is 0.707. The number of piperidine rings is 1. The fourth-order valence-corrected chi connectivity index (χ4v) is 1.99. The van der Waals surface area contributed by atoms with Gasteiger partial charge in [-0.05, 0) is 45.9 Å². The molecule has 1 rings (SSSR count). The Hall–Kier alpha value is -0.760. The first-order valence-corrected chi connectivity index (χ1v) is 5.52. The minimum atomic E-state index is 0.707. The lowest BCUT2D eigenvalue weighted by Gasteiger charge is -2.34. The van der Waals surface area contributed by atoms with E-state index in [-0.39, 0.29) is 0 Å². The SMILES string of the molecule is C/C=C\C(=C/C)N(C)C1CCNCC1. The molecule has 1 aliphatic rings. The van der Waals surface area contributed by atoms with Gasteiger partial charge in [0.05, 0.1) is 0 Å². The lowest BCUT2D eigenvalue weighted by Crippen LogP contribution is -2.40. The second-order valence-corrected chi connectivity index (χ2v) is 3.81. The highest BCUT2D eigenvalue weighted by molar-refractivity contribution is 5.16. The monoisotopic (exact) mass is 194 g/mol. The van der Waals surface area contributed by atoms with Crippen molar-refractivity contribution >= 4 is 0 Å². The standard InChI is InChI=1S/C12H22N2/c1-4-6-11(5-2)14(3)12-7-9-13-10-8-12/h4-6,12-13H,7-10H2,1-3H3/b6-4-,11-5+. The van der Waals surface area contributed by atoms with Gasteiger partial charge >= 0.3 is 0 Å². The van der Waals surface area contributed by atoms with Gasteiger partial charge in [-0.2, -0.15) is 0 Å². The topological polar surface area (TPSA) is 15.3 Å². The van der Waals surface area contributed by atoms with Gasteiger partial charge in [0.2, 0.25) is 0 Å². The molecular weight excluding hydrogens is 172 g/mol. The van der Waals surface area contributed by atoms with E-state index in [1.54, 1.807) is 0 Å². The summed E-state index contributed by atoms with van der Waals surface area (Å²) in [5, 5.41) is 3.39. The van der Waals surface area contributed by atoms with E-state index in [0.717, 1.165) is 13.1 Å². The fraction of sp³-hybridized carbons (Fsp3) is 0.667. The maximum Gasteiger partial charge on any atom is 0.0319 e. The van der Waals surface area contributed by atoms with Crippen LogP contribution in [-0.2, 0) is 0 Å². The zero-order valence-corrected chi connectivity index (χ0v) is 9.59. The first kappa shape index (κ1) is 11.3. The highest BCUT2D eigenvalue weighted by Crippen LogP contribution is 2.15. The number of nitrogens with one attached hydrogen (secondary N) is 1. The molecule has 1 heterocycles. The van der Waals surface area contributed by atoms with Crippen molar-refractivity contribution in [3.05, 3.63) is 23.9 Å².